The lowest BCUT2D eigenvalue weighted by molar-refractivity contribution is -0.120. The Morgan fingerprint density at radius 3 is 2.65 bits per heavy atom. The van der Waals surface area contributed by atoms with E-state index in [4.69, 9.17) is 4.74 Å². The number of ether oxygens (including phenoxy) is 1. The first-order valence-corrected chi connectivity index (χ1v) is 7.64. The standard InChI is InChI=1S/C19H16N2O2/c1-23-15-8-6-13(7-9-15)12-21-17-5-3-2-4-16(17)19(18(21)22)10-14(19)11-20/h2-9,14H,10,12H2,1H3/t14-,19+/m0/s1. The van der Waals surface area contributed by atoms with Crippen molar-refractivity contribution in [3.8, 4) is 11.8 Å². The van der Waals surface area contributed by atoms with Gasteiger partial charge in [-0.15, -0.1) is 0 Å². The third-order valence-electron chi connectivity index (χ3n) is 4.92. The third kappa shape index (κ3) is 1.86. The van der Waals surface area contributed by atoms with E-state index in [9.17, 15) is 10.1 Å². The fraction of sp³-hybridized carbons (Fsp3) is 0.263. The molecule has 114 valence electrons. The molecule has 1 aliphatic carbocycles. The Morgan fingerprint density at radius 2 is 2.00 bits per heavy atom. The molecule has 23 heavy (non-hydrogen) atoms. The number of benzene rings is 2. The Labute approximate surface area is 134 Å². The van der Waals surface area contributed by atoms with Crippen LogP contribution in [0.15, 0.2) is 48.5 Å². The molecular weight excluding hydrogens is 288 g/mol. The number of carbonyl (C=O) groups excluding carboxylic acids is 1. The molecule has 0 saturated heterocycles. The first-order valence-electron chi connectivity index (χ1n) is 7.64. The number of fused-ring (bicyclic) bond motifs is 2. The largest absolute Gasteiger partial charge is 0.497 e. The summed E-state index contributed by atoms with van der Waals surface area (Å²) < 4.78 is 5.17. The molecule has 0 radical (unpaired) electrons. The van der Waals surface area contributed by atoms with E-state index in [-0.39, 0.29) is 11.8 Å². The molecule has 4 rings (SSSR count). The molecular formula is C19H16N2O2. The van der Waals surface area contributed by atoms with Crippen LogP contribution in [-0.4, -0.2) is 13.0 Å². The quantitative estimate of drug-likeness (QED) is 0.876. The van der Waals surface area contributed by atoms with Gasteiger partial charge in [0.15, 0.2) is 0 Å². The van der Waals surface area contributed by atoms with Crippen LogP contribution in [0.1, 0.15) is 17.5 Å². The molecule has 4 heteroatoms. The van der Waals surface area contributed by atoms with Crippen molar-refractivity contribution < 1.29 is 9.53 Å². The van der Waals surface area contributed by atoms with Crippen LogP contribution in [0.3, 0.4) is 0 Å². The molecule has 2 aromatic rings. The van der Waals surface area contributed by atoms with Gasteiger partial charge < -0.3 is 9.64 Å². The predicted octanol–water partition coefficient (Wildman–Crippen LogP) is 3.02. The number of nitriles is 1. The van der Waals surface area contributed by atoms with Crippen LogP contribution in [0.5, 0.6) is 5.75 Å². The lowest BCUT2D eigenvalue weighted by atomic mass is 9.95. The SMILES string of the molecule is COc1ccc(CN2C(=O)[C@@]3(C[C@H]3C#N)c3ccccc32)cc1. The van der Waals surface area contributed by atoms with Crippen LogP contribution in [0.2, 0.25) is 0 Å². The van der Waals surface area contributed by atoms with Gasteiger partial charge >= 0.3 is 0 Å². The van der Waals surface area contributed by atoms with Crippen molar-refractivity contribution in [3.63, 3.8) is 0 Å². The van der Waals surface area contributed by atoms with Crippen LogP contribution in [0.4, 0.5) is 5.69 Å². The monoisotopic (exact) mass is 304 g/mol. The van der Waals surface area contributed by atoms with Crippen LogP contribution >= 0.6 is 0 Å². The lowest BCUT2D eigenvalue weighted by Crippen LogP contribution is -2.32. The molecule has 1 saturated carbocycles. The Morgan fingerprint density at radius 1 is 1.26 bits per heavy atom. The number of hydrogen-bond donors (Lipinski definition) is 0. The topological polar surface area (TPSA) is 53.3 Å². The molecule has 1 spiro atoms. The van der Waals surface area contributed by atoms with Gasteiger partial charge in [-0.2, -0.15) is 5.26 Å². The molecule has 4 nitrogen and oxygen atoms in total. The number of para-hydroxylation sites is 1. The number of nitrogens with zero attached hydrogens (tertiary/aromatic N) is 2. The maximum atomic E-state index is 13.0. The first kappa shape index (κ1) is 13.8. The summed E-state index contributed by atoms with van der Waals surface area (Å²) in [6.07, 6.45) is 0.637. The minimum Gasteiger partial charge on any atom is -0.497 e. The van der Waals surface area contributed by atoms with Crippen molar-refractivity contribution in [1.82, 2.24) is 0 Å². The molecule has 0 aromatic heterocycles. The van der Waals surface area contributed by atoms with Gasteiger partial charge in [0.25, 0.3) is 0 Å². The molecule has 2 atom stereocenters. The van der Waals surface area contributed by atoms with E-state index in [1.807, 2.05) is 53.4 Å². The second-order valence-electron chi connectivity index (χ2n) is 6.11. The van der Waals surface area contributed by atoms with Crippen molar-refractivity contribution in [2.45, 2.75) is 18.4 Å². The van der Waals surface area contributed by atoms with E-state index in [0.717, 1.165) is 22.6 Å². The van der Waals surface area contributed by atoms with Crippen LogP contribution in [0.25, 0.3) is 0 Å². The number of carbonyl (C=O) groups is 1. The maximum Gasteiger partial charge on any atom is 0.239 e. The highest BCUT2D eigenvalue weighted by Crippen LogP contribution is 2.61. The van der Waals surface area contributed by atoms with Gasteiger partial charge in [0.1, 0.15) is 5.75 Å². The van der Waals surface area contributed by atoms with E-state index in [1.165, 1.54) is 0 Å². The maximum absolute atomic E-state index is 13.0. The van der Waals surface area contributed by atoms with E-state index in [2.05, 4.69) is 6.07 Å². The van der Waals surface area contributed by atoms with Crippen molar-refractivity contribution in [2.24, 2.45) is 5.92 Å². The molecule has 1 fully saturated rings. The Hall–Kier alpha value is -2.80. The second kappa shape index (κ2) is 4.85. The van der Waals surface area contributed by atoms with Crippen molar-refractivity contribution in [3.05, 3.63) is 59.7 Å². The van der Waals surface area contributed by atoms with E-state index < -0.39 is 5.41 Å². The van der Waals surface area contributed by atoms with Gasteiger partial charge in [-0.05, 0) is 35.7 Å². The fourth-order valence-corrected chi connectivity index (χ4v) is 3.58. The smallest absolute Gasteiger partial charge is 0.239 e. The molecule has 2 aliphatic rings. The summed E-state index contributed by atoms with van der Waals surface area (Å²) in [5, 5.41) is 9.27. The summed E-state index contributed by atoms with van der Waals surface area (Å²) in [7, 11) is 1.63. The van der Waals surface area contributed by atoms with Gasteiger partial charge in [-0.1, -0.05) is 30.3 Å². The number of amides is 1. The Balaban J connectivity index is 1.69. The highest BCUT2D eigenvalue weighted by atomic mass is 16.5. The normalized spacial score (nSPS) is 24.4. The lowest BCUT2D eigenvalue weighted by Gasteiger charge is -2.18. The van der Waals surface area contributed by atoms with Crippen LogP contribution in [-0.2, 0) is 16.8 Å². The molecule has 0 unspecified atom stereocenters. The number of rotatable bonds is 3. The molecule has 2 aromatic carbocycles. The Bertz CT molecular complexity index is 822. The van der Waals surface area contributed by atoms with Gasteiger partial charge in [-0.3, -0.25) is 4.79 Å². The fourth-order valence-electron chi connectivity index (χ4n) is 3.58. The number of methoxy groups -OCH3 is 1. The Kier molecular flexibility index (Phi) is 2.92. The predicted molar refractivity (Wildman–Crippen MR) is 86.0 cm³/mol. The molecule has 1 aliphatic heterocycles. The number of hydrogen-bond acceptors (Lipinski definition) is 3. The van der Waals surface area contributed by atoms with Gasteiger partial charge in [0.05, 0.1) is 31.1 Å². The first-order chi connectivity index (χ1) is 11.2. The summed E-state index contributed by atoms with van der Waals surface area (Å²) in [6, 6.07) is 17.8. The average Bonchev–Trinajstić information content (AvgIpc) is 3.30. The van der Waals surface area contributed by atoms with E-state index in [0.29, 0.717) is 13.0 Å². The van der Waals surface area contributed by atoms with Crippen LogP contribution in [0, 0.1) is 17.2 Å². The highest BCUT2D eigenvalue weighted by molar-refractivity contribution is 6.10. The molecule has 1 heterocycles. The van der Waals surface area contributed by atoms with E-state index >= 15 is 0 Å². The van der Waals surface area contributed by atoms with Crippen molar-refractivity contribution in [2.75, 3.05) is 12.0 Å². The van der Waals surface area contributed by atoms with Gasteiger partial charge in [0, 0.05) is 5.69 Å². The zero-order chi connectivity index (χ0) is 16.0. The summed E-state index contributed by atoms with van der Waals surface area (Å²) >= 11 is 0. The average molecular weight is 304 g/mol. The molecule has 0 N–H and O–H groups in total. The number of anilines is 1. The summed E-state index contributed by atoms with van der Waals surface area (Å²) in [5.74, 6) is 0.656. The summed E-state index contributed by atoms with van der Waals surface area (Å²) in [5.41, 5.74) is 2.38. The van der Waals surface area contributed by atoms with Gasteiger partial charge in [-0.25, -0.2) is 0 Å². The molecule has 0 bridgehead atoms. The van der Waals surface area contributed by atoms with Gasteiger partial charge in [0.2, 0.25) is 5.91 Å². The zero-order valence-electron chi connectivity index (χ0n) is 12.8. The van der Waals surface area contributed by atoms with Crippen LogP contribution < -0.4 is 9.64 Å². The second-order valence-corrected chi connectivity index (χ2v) is 6.11. The van der Waals surface area contributed by atoms with Crippen molar-refractivity contribution >= 4 is 11.6 Å². The minimum atomic E-state index is -0.599. The zero-order valence-corrected chi connectivity index (χ0v) is 12.8. The highest BCUT2D eigenvalue weighted by Gasteiger charge is 2.67. The third-order valence-corrected chi connectivity index (χ3v) is 4.92. The summed E-state index contributed by atoms with van der Waals surface area (Å²) in [6.45, 7) is 0.514. The molecule has 1 amide bonds. The van der Waals surface area contributed by atoms with E-state index in [1.54, 1.807) is 7.11 Å². The minimum absolute atomic E-state index is 0.0565. The van der Waals surface area contributed by atoms with Crippen molar-refractivity contribution in [1.29, 1.82) is 5.26 Å². The summed E-state index contributed by atoms with van der Waals surface area (Å²) in [4.78, 5) is 14.8.